The third-order valence-corrected chi connectivity index (χ3v) is 8.89. The van der Waals surface area contributed by atoms with Gasteiger partial charge in [-0.3, -0.25) is 4.79 Å². The summed E-state index contributed by atoms with van der Waals surface area (Å²) in [5.74, 6) is 1.62. The van der Waals surface area contributed by atoms with Crippen molar-refractivity contribution in [3.8, 4) is 0 Å². The maximum atomic E-state index is 12.8. The Balaban J connectivity index is 1.35. The van der Waals surface area contributed by atoms with Crippen LogP contribution in [-0.2, 0) is 21.2 Å². The summed E-state index contributed by atoms with van der Waals surface area (Å²) in [5, 5.41) is 3.61. The molecule has 2 saturated carbocycles. The van der Waals surface area contributed by atoms with Gasteiger partial charge in [0.05, 0.1) is 21.4 Å². The van der Waals surface area contributed by atoms with Crippen LogP contribution in [0.3, 0.4) is 0 Å². The van der Waals surface area contributed by atoms with Crippen LogP contribution in [-0.4, -0.2) is 20.4 Å². The standard InChI is InChI=1S/C23H26Cl2N2O3S/c1-14(20-11-15-2-4-17(20)10-15)27-31(29,30)19-7-5-18(6-8-19)26-23(28)13-16-3-9-21(24)22(25)12-16/h3,5-9,12,14-15,17,20,27H,2,4,10-11,13H2,1H3,(H,26,28)/t14-,15-,17-,20+/m1/s1. The molecule has 2 aliphatic rings. The summed E-state index contributed by atoms with van der Waals surface area (Å²) in [6.45, 7) is 1.97. The lowest BCUT2D eigenvalue weighted by molar-refractivity contribution is -0.115. The number of rotatable bonds is 7. The van der Waals surface area contributed by atoms with Crippen LogP contribution in [0, 0.1) is 17.8 Å². The molecular weight excluding hydrogens is 455 g/mol. The lowest BCUT2D eigenvalue weighted by atomic mass is 9.84. The fourth-order valence-corrected chi connectivity index (χ4v) is 6.68. The normalized spacial score (nSPS) is 23.6. The van der Waals surface area contributed by atoms with Crippen molar-refractivity contribution in [1.29, 1.82) is 0 Å². The van der Waals surface area contributed by atoms with Gasteiger partial charge in [0.25, 0.3) is 0 Å². The van der Waals surface area contributed by atoms with Gasteiger partial charge < -0.3 is 5.32 Å². The van der Waals surface area contributed by atoms with Crippen molar-refractivity contribution in [2.45, 2.75) is 50.0 Å². The smallest absolute Gasteiger partial charge is 0.240 e. The minimum Gasteiger partial charge on any atom is -0.326 e. The zero-order chi connectivity index (χ0) is 22.2. The van der Waals surface area contributed by atoms with Gasteiger partial charge in [0.15, 0.2) is 0 Å². The van der Waals surface area contributed by atoms with Crippen LogP contribution in [0.25, 0.3) is 0 Å². The third kappa shape index (κ3) is 5.25. The molecule has 31 heavy (non-hydrogen) atoms. The fourth-order valence-electron chi connectivity index (χ4n) is 5.06. The molecule has 0 heterocycles. The van der Waals surface area contributed by atoms with E-state index in [4.69, 9.17) is 23.2 Å². The molecule has 8 heteroatoms. The van der Waals surface area contributed by atoms with E-state index in [1.165, 1.54) is 31.4 Å². The van der Waals surface area contributed by atoms with Gasteiger partial charge in [-0.2, -0.15) is 0 Å². The summed E-state index contributed by atoms with van der Waals surface area (Å²) in [5.41, 5.74) is 1.27. The van der Waals surface area contributed by atoms with Gasteiger partial charge in [-0.05, 0) is 85.9 Å². The van der Waals surface area contributed by atoms with E-state index in [0.29, 0.717) is 27.6 Å². The quantitative estimate of drug-likeness (QED) is 0.565. The fraction of sp³-hybridized carbons (Fsp3) is 0.435. The van der Waals surface area contributed by atoms with Crippen molar-refractivity contribution < 1.29 is 13.2 Å². The van der Waals surface area contributed by atoms with Crippen LogP contribution in [0.4, 0.5) is 5.69 Å². The van der Waals surface area contributed by atoms with E-state index in [1.807, 2.05) is 6.92 Å². The average molecular weight is 481 g/mol. The summed E-state index contributed by atoms with van der Waals surface area (Å²) >= 11 is 11.9. The number of sulfonamides is 1. The molecular formula is C23H26Cl2N2O3S. The largest absolute Gasteiger partial charge is 0.326 e. The second-order valence-electron chi connectivity index (χ2n) is 8.75. The Morgan fingerprint density at radius 1 is 1.06 bits per heavy atom. The highest BCUT2D eigenvalue weighted by molar-refractivity contribution is 7.89. The number of carbonyl (C=O) groups excluding carboxylic acids is 1. The highest BCUT2D eigenvalue weighted by Gasteiger charge is 2.42. The van der Waals surface area contributed by atoms with Crippen molar-refractivity contribution in [1.82, 2.24) is 4.72 Å². The number of halogens is 2. The van der Waals surface area contributed by atoms with Crippen molar-refractivity contribution >= 4 is 44.8 Å². The molecule has 0 aromatic heterocycles. The molecule has 5 nitrogen and oxygen atoms in total. The molecule has 4 atom stereocenters. The molecule has 0 spiro atoms. The van der Waals surface area contributed by atoms with Gasteiger partial charge in [-0.25, -0.2) is 13.1 Å². The number of nitrogens with one attached hydrogen (secondary N) is 2. The SMILES string of the molecule is C[C@@H](NS(=O)(=O)c1ccc(NC(=O)Cc2ccc(Cl)c(Cl)c2)cc1)[C@@H]1C[C@@H]2CC[C@@H]1C2. The Hall–Kier alpha value is -1.60. The molecule has 2 N–H and O–H groups in total. The number of fused-ring (bicyclic) bond motifs is 2. The molecule has 0 unspecified atom stereocenters. The topological polar surface area (TPSA) is 75.3 Å². The number of benzene rings is 2. The predicted octanol–water partition coefficient (Wildman–Crippen LogP) is 5.28. The van der Waals surface area contributed by atoms with Crippen LogP contribution in [0.2, 0.25) is 10.0 Å². The molecule has 2 aromatic carbocycles. The molecule has 1 amide bonds. The van der Waals surface area contributed by atoms with Gasteiger partial charge in [0.2, 0.25) is 15.9 Å². The molecule has 0 saturated heterocycles. The highest BCUT2D eigenvalue weighted by atomic mass is 35.5. The van der Waals surface area contributed by atoms with E-state index in [0.717, 1.165) is 17.9 Å². The highest BCUT2D eigenvalue weighted by Crippen LogP contribution is 2.49. The second-order valence-corrected chi connectivity index (χ2v) is 11.3. The number of anilines is 1. The van der Waals surface area contributed by atoms with Gasteiger partial charge >= 0.3 is 0 Å². The molecule has 166 valence electrons. The summed E-state index contributed by atoms with van der Waals surface area (Å²) in [7, 11) is -3.61. The summed E-state index contributed by atoms with van der Waals surface area (Å²) < 4.78 is 28.5. The number of hydrogen-bond donors (Lipinski definition) is 2. The molecule has 2 bridgehead atoms. The first-order chi connectivity index (χ1) is 14.7. The average Bonchev–Trinajstić information content (AvgIpc) is 3.34. The van der Waals surface area contributed by atoms with E-state index in [-0.39, 0.29) is 23.3 Å². The van der Waals surface area contributed by atoms with Crippen molar-refractivity contribution in [3.63, 3.8) is 0 Å². The molecule has 2 aromatic rings. The van der Waals surface area contributed by atoms with E-state index < -0.39 is 10.0 Å². The van der Waals surface area contributed by atoms with Crippen LogP contribution in [0.15, 0.2) is 47.4 Å². The number of hydrogen-bond acceptors (Lipinski definition) is 3. The molecule has 4 rings (SSSR count). The van der Waals surface area contributed by atoms with E-state index in [1.54, 1.807) is 30.3 Å². The lowest BCUT2D eigenvalue weighted by Crippen LogP contribution is -2.40. The van der Waals surface area contributed by atoms with E-state index >= 15 is 0 Å². The van der Waals surface area contributed by atoms with Crippen LogP contribution >= 0.6 is 23.2 Å². The van der Waals surface area contributed by atoms with Gasteiger partial charge in [0.1, 0.15) is 0 Å². The predicted molar refractivity (Wildman–Crippen MR) is 124 cm³/mol. The Morgan fingerprint density at radius 2 is 1.81 bits per heavy atom. The third-order valence-electron chi connectivity index (χ3n) is 6.57. The Morgan fingerprint density at radius 3 is 2.42 bits per heavy atom. The first-order valence-electron chi connectivity index (χ1n) is 10.6. The Kier molecular flexibility index (Phi) is 6.63. The maximum Gasteiger partial charge on any atom is 0.240 e. The summed E-state index contributed by atoms with van der Waals surface area (Å²) in [6.07, 6.45) is 5.02. The molecule has 0 aliphatic heterocycles. The van der Waals surface area contributed by atoms with Gasteiger partial charge in [-0.1, -0.05) is 35.7 Å². The van der Waals surface area contributed by atoms with Gasteiger partial charge in [0, 0.05) is 11.7 Å². The maximum absolute atomic E-state index is 12.8. The summed E-state index contributed by atoms with van der Waals surface area (Å²) in [4.78, 5) is 12.5. The first-order valence-corrected chi connectivity index (χ1v) is 12.8. The Labute approximate surface area is 193 Å². The summed E-state index contributed by atoms with van der Waals surface area (Å²) in [6, 6.07) is 11.2. The van der Waals surface area contributed by atoms with Crippen LogP contribution in [0.5, 0.6) is 0 Å². The molecule has 0 radical (unpaired) electrons. The lowest BCUT2D eigenvalue weighted by Gasteiger charge is -2.28. The molecule has 2 fully saturated rings. The zero-order valence-electron chi connectivity index (χ0n) is 17.3. The van der Waals surface area contributed by atoms with Crippen LogP contribution in [0.1, 0.15) is 38.2 Å². The van der Waals surface area contributed by atoms with Gasteiger partial charge in [-0.15, -0.1) is 0 Å². The zero-order valence-corrected chi connectivity index (χ0v) is 19.6. The number of carbonyl (C=O) groups is 1. The second kappa shape index (κ2) is 9.10. The minimum absolute atomic E-state index is 0.0779. The van der Waals surface area contributed by atoms with Crippen molar-refractivity contribution in [2.75, 3.05) is 5.32 Å². The first kappa shape index (κ1) is 22.6. The van der Waals surface area contributed by atoms with Crippen LogP contribution < -0.4 is 10.0 Å². The van der Waals surface area contributed by atoms with E-state index in [9.17, 15) is 13.2 Å². The number of amides is 1. The van der Waals surface area contributed by atoms with Crippen molar-refractivity contribution in [2.24, 2.45) is 17.8 Å². The molecule has 2 aliphatic carbocycles. The monoisotopic (exact) mass is 480 g/mol. The minimum atomic E-state index is -3.61. The van der Waals surface area contributed by atoms with E-state index in [2.05, 4.69) is 10.0 Å². The van der Waals surface area contributed by atoms with Crippen molar-refractivity contribution in [3.05, 3.63) is 58.1 Å². The Bertz CT molecular complexity index is 1070.